The van der Waals surface area contributed by atoms with Gasteiger partial charge in [0.05, 0.1) is 21.0 Å². The molecule has 0 amide bonds. The maximum Gasteiger partial charge on any atom is 0.269 e. The summed E-state index contributed by atoms with van der Waals surface area (Å²) in [7, 11) is -3.81. The zero-order valence-corrected chi connectivity index (χ0v) is 9.14. The molecule has 0 aliphatic carbocycles. The van der Waals surface area contributed by atoms with Gasteiger partial charge in [0, 0.05) is 0 Å². The molecule has 3 nitrogen and oxygen atoms in total. The SMILES string of the molecule is C=C[SiH2]COS(=O)(=O)C(C)C. The van der Waals surface area contributed by atoms with Crippen LogP contribution >= 0.6 is 0 Å². The van der Waals surface area contributed by atoms with Crippen LogP contribution in [0.4, 0.5) is 0 Å². The molecule has 0 fully saturated rings. The van der Waals surface area contributed by atoms with Crippen molar-refractivity contribution in [2.75, 3.05) is 6.23 Å². The predicted molar refractivity (Wildman–Crippen MR) is 48.7 cm³/mol. The van der Waals surface area contributed by atoms with Gasteiger partial charge in [0.1, 0.15) is 0 Å². The molecule has 0 aromatic carbocycles. The maximum absolute atomic E-state index is 11.0. The lowest BCUT2D eigenvalue weighted by atomic mass is 10.6. The highest BCUT2D eigenvalue weighted by Gasteiger charge is 2.15. The Morgan fingerprint density at radius 1 is 1.64 bits per heavy atom. The van der Waals surface area contributed by atoms with E-state index >= 15 is 0 Å². The van der Waals surface area contributed by atoms with Crippen LogP contribution in [0.15, 0.2) is 12.3 Å². The first kappa shape index (κ1) is 10.9. The summed E-state index contributed by atoms with van der Waals surface area (Å²) in [6.45, 7) is 6.72. The van der Waals surface area contributed by atoms with E-state index in [1.54, 1.807) is 19.5 Å². The maximum atomic E-state index is 11.0. The highest BCUT2D eigenvalue weighted by Crippen LogP contribution is 2.00. The van der Waals surface area contributed by atoms with Crippen LogP contribution in [0.5, 0.6) is 0 Å². The van der Waals surface area contributed by atoms with Crippen molar-refractivity contribution in [1.82, 2.24) is 0 Å². The molecule has 0 atom stereocenters. The molecule has 66 valence electrons. The number of hydrogen-bond donors (Lipinski definition) is 0. The third-order valence-electron chi connectivity index (χ3n) is 1.15. The molecule has 11 heavy (non-hydrogen) atoms. The molecule has 0 spiro atoms. The summed E-state index contributed by atoms with van der Waals surface area (Å²) in [5.74, 6) is 0. The van der Waals surface area contributed by atoms with Crippen LogP contribution in [0.2, 0.25) is 0 Å². The van der Waals surface area contributed by atoms with Crippen molar-refractivity contribution in [3.63, 3.8) is 0 Å². The second-order valence-corrected chi connectivity index (χ2v) is 6.17. The van der Waals surface area contributed by atoms with Gasteiger partial charge in [0.2, 0.25) is 0 Å². The lowest BCUT2D eigenvalue weighted by Crippen LogP contribution is -2.19. The molecule has 0 N–H and O–H groups in total. The van der Waals surface area contributed by atoms with Gasteiger partial charge < -0.3 is 0 Å². The summed E-state index contributed by atoms with van der Waals surface area (Å²) in [5, 5.41) is -0.443. The van der Waals surface area contributed by atoms with E-state index < -0.39 is 24.9 Å². The summed E-state index contributed by atoms with van der Waals surface area (Å²) in [6.07, 6.45) is 0.337. The molecule has 5 heteroatoms. The van der Waals surface area contributed by atoms with Crippen LogP contribution in [-0.4, -0.2) is 29.4 Å². The fraction of sp³-hybridized carbons (Fsp3) is 0.667. The molecular formula is C6H14O3SSi. The number of rotatable bonds is 5. The Balaban J connectivity index is 3.84. The van der Waals surface area contributed by atoms with Gasteiger partial charge in [-0.05, 0) is 13.8 Å². The van der Waals surface area contributed by atoms with Gasteiger partial charge in [-0.1, -0.05) is 0 Å². The standard InChI is InChI=1S/C6H14O3SSi/c1-4-11-5-9-10(7,8)6(2)3/h4,6H,1,5,11H2,2-3H3. The molecule has 0 rings (SSSR count). The molecule has 0 aliphatic heterocycles. The number of hydrogen-bond acceptors (Lipinski definition) is 3. The topological polar surface area (TPSA) is 43.4 Å². The summed E-state index contributed by atoms with van der Waals surface area (Å²) in [5.41, 5.74) is 1.76. The van der Waals surface area contributed by atoms with Gasteiger partial charge in [0.25, 0.3) is 10.1 Å². The fourth-order valence-corrected chi connectivity index (χ4v) is 2.14. The van der Waals surface area contributed by atoms with Crippen molar-refractivity contribution < 1.29 is 12.6 Å². The summed E-state index contributed by atoms with van der Waals surface area (Å²) in [4.78, 5) is 0. The minimum absolute atomic E-state index is 0.337. The Hall–Kier alpha value is -0.133. The third-order valence-corrected chi connectivity index (χ3v) is 3.94. The molecule has 0 aromatic rings. The third kappa shape index (κ3) is 4.34. The molecule has 0 unspecified atom stereocenters. The van der Waals surface area contributed by atoms with Crippen molar-refractivity contribution in [3.05, 3.63) is 12.3 Å². The van der Waals surface area contributed by atoms with Crippen molar-refractivity contribution in [2.45, 2.75) is 19.1 Å². The molecule has 0 aliphatic rings. The lowest BCUT2D eigenvalue weighted by Gasteiger charge is -2.05. The Labute approximate surface area is 70.4 Å². The average molecular weight is 194 g/mol. The smallest absolute Gasteiger partial charge is 0.269 e. The van der Waals surface area contributed by atoms with E-state index in [1.165, 1.54) is 0 Å². The van der Waals surface area contributed by atoms with E-state index in [-0.39, 0.29) is 0 Å². The van der Waals surface area contributed by atoms with Gasteiger partial charge in [-0.2, -0.15) is 8.42 Å². The largest absolute Gasteiger partial charge is 0.274 e. The molecule has 0 bridgehead atoms. The van der Waals surface area contributed by atoms with Crippen LogP contribution in [0.25, 0.3) is 0 Å². The molecule has 0 saturated heterocycles. The predicted octanol–water partition coefficient (Wildman–Crippen LogP) is 0.0110. The van der Waals surface area contributed by atoms with E-state index in [9.17, 15) is 8.42 Å². The Bertz CT molecular complexity index is 208. The quantitative estimate of drug-likeness (QED) is 0.352. The van der Waals surface area contributed by atoms with Crippen molar-refractivity contribution in [2.24, 2.45) is 0 Å². The van der Waals surface area contributed by atoms with E-state index in [1.807, 2.05) is 0 Å². The first-order valence-corrected chi connectivity index (χ1v) is 6.78. The lowest BCUT2D eigenvalue weighted by molar-refractivity contribution is 0.369. The van der Waals surface area contributed by atoms with Gasteiger partial charge in [-0.25, -0.2) is 0 Å². The van der Waals surface area contributed by atoms with Crippen LogP contribution in [-0.2, 0) is 14.3 Å². The van der Waals surface area contributed by atoms with Gasteiger partial charge >= 0.3 is 0 Å². The van der Waals surface area contributed by atoms with Gasteiger partial charge in [-0.15, -0.1) is 12.3 Å². The monoisotopic (exact) mass is 194 g/mol. The average Bonchev–Trinajstić information content (AvgIpc) is 1.88. The summed E-state index contributed by atoms with van der Waals surface area (Å²) in [6, 6.07) is 0. The van der Waals surface area contributed by atoms with Crippen molar-refractivity contribution in [1.29, 1.82) is 0 Å². The van der Waals surface area contributed by atoms with Crippen LogP contribution in [0, 0.1) is 0 Å². The minimum atomic E-state index is -3.28. The highest BCUT2D eigenvalue weighted by molar-refractivity contribution is 7.87. The molecule has 0 aromatic heterocycles. The van der Waals surface area contributed by atoms with Crippen molar-refractivity contribution >= 4 is 19.6 Å². The first-order chi connectivity index (χ1) is 5.00. The minimum Gasteiger partial charge on any atom is -0.274 e. The second kappa shape index (κ2) is 4.69. The van der Waals surface area contributed by atoms with Gasteiger partial charge in [0.15, 0.2) is 0 Å². The Morgan fingerprint density at radius 3 is 2.55 bits per heavy atom. The second-order valence-electron chi connectivity index (χ2n) is 2.44. The van der Waals surface area contributed by atoms with E-state index in [2.05, 4.69) is 6.58 Å². The highest BCUT2D eigenvalue weighted by atomic mass is 32.2. The normalized spacial score (nSPS) is 13.0. The van der Waals surface area contributed by atoms with E-state index in [4.69, 9.17) is 4.18 Å². The zero-order chi connectivity index (χ0) is 8.91. The van der Waals surface area contributed by atoms with Crippen LogP contribution in [0.3, 0.4) is 0 Å². The molecule has 0 heterocycles. The van der Waals surface area contributed by atoms with Crippen molar-refractivity contribution in [3.8, 4) is 0 Å². The summed E-state index contributed by atoms with van der Waals surface area (Å²) >= 11 is 0. The Morgan fingerprint density at radius 2 is 2.18 bits per heavy atom. The zero-order valence-electron chi connectivity index (χ0n) is 6.91. The summed E-state index contributed by atoms with van der Waals surface area (Å²) < 4.78 is 26.6. The van der Waals surface area contributed by atoms with Gasteiger partial charge in [-0.3, -0.25) is 4.18 Å². The molecule has 0 radical (unpaired) electrons. The van der Waals surface area contributed by atoms with E-state index in [0.29, 0.717) is 6.23 Å². The van der Waals surface area contributed by atoms with E-state index in [0.717, 1.165) is 0 Å². The molecular weight excluding hydrogens is 180 g/mol. The fourth-order valence-electron chi connectivity index (χ4n) is 0.384. The van der Waals surface area contributed by atoms with Crippen LogP contribution in [0.1, 0.15) is 13.8 Å². The first-order valence-electron chi connectivity index (χ1n) is 3.50. The van der Waals surface area contributed by atoms with Crippen LogP contribution < -0.4 is 0 Å². The Kier molecular flexibility index (Phi) is 4.63. The molecule has 0 saturated carbocycles.